The van der Waals surface area contributed by atoms with Gasteiger partial charge in [-0.1, -0.05) is 17.3 Å². The molecule has 3 heterocycles. The van der Waals surface area contributed by atoms with Gasteiger partial charge in [-0.15, -0.1) is 0 Å². The molecule has 124 valence electrons. The average molecular weight is 324 g/mol. The first-order chi connectivity index (χ1) is 11.8. The van der Waals surface area contributed by atoms with Crippen molar-refractivity contribution in [3.63, 3.8) is 0 Å². The molecule has 0 spiro atoms. The lowest BCUT2D eigenvalue weighted by atomic mass is 10.0. The number of nitrogens with zero attached hydrogens (tertiary/aromatic N) is 2. The Labute approximate surface area is 140 Å². The zero-order valence-corrected chi connectivity index (χ0v) is 13.6. The molecule has 0 radical (unpaired) electrons. The number of hydrogen-bond acceptors (Lipinski definition) is 5. The van der Waals surface area contributed by atoms with E-state index in [0.717, 1.165) is 31.0 Å². The summed E-state index contributed by atoms with van der Waals surface area (Å²) in [4.78, 5) is 2.44. The summed E-state index contributed by atoms with van der Waals surface area (Å²) in [6, 6.07) is 14.4. The van der Waals surface area contributed by atoms with Crippen molar-refractivity contribution in [2.24, 2.45) is 0 Å². The van der Waals surface area contributed by atoms with Crippen LogP contribution >= 0.6 is 0 Å². The molecule has 0 saturated carbocycles. The predicted octanol–water partition coefficient (Wildman–Crippen LogP) is 4.28. The standard InChI is InChI=1S/C19H20N2O3/c1-22-16-6-2-5-14(11-16)17-7-3-9-21(17)13-15-12-19(24-20-15)18-8-4-10-23-18/h2,4-6,8,10-12,17H,3,7,9,13H2,1H3/t17-/m0/s1. The van der Waals surface area contributed by atoms with E-state index in [1.807, 2.05) is 24.3 Å². The van der Waals surface area contributed by atoms with Gasteiger partial charge in [-0.25, -0.2) is 0 Å². The van der Waals surface area contributed by atoms with Crippen LogP contribution in [0.4, 0.5) is 0 Å². The summed E-state index contributed by atoms with van der Waals surface area (Å²) in [6.07, 6.45) is 3.97. The first kappa shape index (κ1) is 15.0. The number of benzene rings is 1. The maximum absolute atomic E-state index is 5.41. The molecule has 0 bridgehead atoms. The molecule has 0 N–H and O–H groups in total. The second kappa shape index (κ2) is 6.53. The minimum Gasteiger partial charge on any atom is -0.497 e. The van der Waals surface area contributed by atoms with Gasteiger partial charge < -0.3 is 13.7 Å². The van der Waals surface area contributed by atoms with Crippen molar-refractivity contribution in [3.05, 3.63) is 60.0 Å². The van der Waals surface area contributed by atoms with Crippen LogP contribution in [0.5, 0.6) is 5.75 Å². The smallest absolute Gasteiger partial charge is 0.202 e. The fourth-order valence-electron chi connectivity index (χ4n) is 3.37. The molecule has 1 aliphatic rings. The number of rotatable bonds is 5. The van der Waals surface area contributed by atoms with Crippen LogP contribution in [-0.4, -0.2) is 23.7 Å². The summed E-state index contributed by atoms with van der Waals surface area (Å²) < 4.78 is 16.1. The normalized spacial score (nSPS) is 18.1. The van der Waals surface area contributed by atoms with Gasteiger partial charge in [0.15, 0.2) is 5.76 Å². The number of ether oxygens (including phenoxy) is 1. The van der Waals surface area contributed by atoms with Crippen LogP contribution in [0.25, 0.3) is 11.5 Å². The van der Waals surface area contributed by atoms with E-state index in [1.54, 1.807) is 13.4 Å². The fourth-order valence-corrected chi connectivity index (χ4v) is 3.37. The summed E-state index contributed by atoms with van der Waals surface area (Å²) in [5.41, 5.74) is 2.22. The summed E-state index contributed by atoms with van der Waals surface area (Å²) in [5, 5.41) is 4.20. The van der Waals surface area contributed by atoms with Crippen molar-refractivity contribution in [2.75, 3.05) is 13.7 Å². The second-order valence-electron chi connectivity index (χ2n) is 6.06. The third-order valence-corrected chi connectivity index (χ3v) is 4.53. The van der Waals surface area contributed by atoms with E-state index in [0.29, 0.717) is 17.6 Å². The highest BCUT2D eigenvalue weighted by Gasteiger charge is 2.27. The molecular weight excluding hydrogens is 304 g/mol. The molecule has 1 aromatic carbocycles. The molecule has 0 unspecified atom stereocenters. The molecule has 0 amide bonds. The van der Waals surface area contributed by atoms with E-state index in [1.165, 1.54) is 12.0 Å². The first-order valence-corrected chi connectivity index (χ1v) is 8.21. The van der Waals surface area contributed by atoms with Gasteiger partial charge in [0, 0.05) is 18.7 Å². The molecule has 1 fully saturated rings. The van der Waals surface area contributed by atoms with Crippen molar-refractivity contribution in [1.82, 2.24) is 10.1 Å². The highest BCUT2D eigenvalue weighted by atomic mass is 16.5. The van der Waals surface area contributed by atoms with E-state index in [4.69, 9.17) is 13.7 Å². The summed E-state index contributed by atoms with van der Waals surface area (Å²) >= 11 is 0. The largest absolute Gasteiger partial charge is 0.497 e. The van der Waals surface area contributed by atoms with E-state index >= 15 is 0 Å². The third-order valence-electron chi connectivity index (χ3n) is 4.53. The highest BCUT2D eigenvalue weighted by Crippen LogP contribution is 2.34. The SMILES string of the molecule is COc1cccc([C@@H]2CCCN2Cc2cc(-c3ccco3)on2)c1. The Hall–Kier alpha value is -2.53. The molecule has 4 rings (SSSR count). The van der Waals surface area contributed by atoms with Crippen molar-refractivity contribution >= 4 is 0 Å². The number of aromatic nitrogens is 1. The summed E-state index contributed by atoms with van der Waals surface area (Å²) in [7, 11) is 1.71. The van der Waals surface area contributed by atoms with Gasteiger partial charge in [0.05, 0.1) is 19.1 Å². The molecule has 1 atom stereocenters. The van der Waals surface area contributed by atoms with Gasteiger partial charge in [0.25, 0.3) is 0 Å². The fraction of sp³-hybridized carbons (Fsp3) is 0.316. The molecule has 2 aromatic heterocycles. The van der Waals surface area contributed by atoms with Crippen molar-refractivity contribution in [1.29, 1.82) is 0 Å². The maximum Gasteiger partial charge on any atom is 0.202 e. The van der Waals surface area contributed by atoms with Gasteiger partial charge in [-0.05, 0) is 49.2 Å². The van der Waals surface area contributed by atoms with Gasteiger partial charge in [-0.2, -0.15) is 0 Å². The molecule has 24 heavy (non-hydrogen) atoms. The van der Waals surface area contributed by atoms with Gasteiger partial charge in [0.2, 0.25) is 5.76 Å². The zero-order valence-electron chi connectivity index (χ0n) is 13.6. The molecule has 5 nitrogen and oxygen atoms in total. The van der Waals surface area contributed by atoms with Gasteiger partial charge >= 0.3 is 0 Å². The number of hydrogen-bond donors (Lipinski definition) is 0. The molecule has 0 aliphatic carbocycles. The van der Waals surface area contributed by atoms with Crippen LogP contribution in [0.1, 0.15) is 30.1 Å². The second-order valence-corrected chi connectivity index (χ2v) is 6.06. The predicted molar refractivity (Wildman–Crippen MR) is 89.6 cm³/mol. The third kappa shape index (κ3) is 2.95. The summed E-state index contributed by atoms with van der Waals surface area (Å²) in [5.74, 6) is 2.28. The Morgan fingerprint density at radius 2 is 2.17 bits per heavy atom. The Bertz CT molecular complexity index is 795. The molecule has 3 aromatic rings. The average Bonchev–Trinajstić information content (AvgIpc) is 3.36. The van der Waals surface area contributed by atoms with Crippen molar-refractivity contribution in [3.8, 4) is 17.3 Å². The topological polar surface area (TPSA) is 51.6 Å². The number of likely N-dealkylation sites (tertiary alicyclic amines) is 1. The van der Waals surface area contributed by atoms with Crippen molar-refractivity contribution < 1.29 is 13.7 Å². The monoisotopic (exact) mass is 324 g/mol. The van der Waals surface area contributed by atoms with Crippen LogP contribution < -0.4 is 4.74 Å². The Morgan fingerprint density at radius 3 is 3.00 bits per heavy atom. The Balaban J connectivity index is 1.51. The first-order valence-electron chi connectivity index (χ1n) is 8.21. The summed E-state index contributed by atoms with van der Waals surface area (Å²) in [6.45, 7) is 1.83. The van der Waals surface area contributed by atoms with Gasteiger partial charge in [0.1, 0.15) is 5.75 Å². The lowest BCUT2D eigenvalue weighted by Crippen LogP contribution is -2.22. The lowest BCUT2D eigenvalue weighted by molar-refractivity contribution is 0.240. The zero-order chi connectivity index (χ0) is 16.4. The Kier molecular flexibility index (Phi) is 4.09. The minimum atomic E-state index is 0.392. The van der Waals surface area contributed by atoms with E-state index in [-0.39, 0.29) is 0 Å². The highest BCUT2D eigenvalue weighted by molar-refractivity contribution is 5.49. The van der Waals surface area contributed by atoms with Crippen LogP contribution in [0.15, 0.2) is 57.7 Å². The Morgan fingerprint density at radius 1 is 1.21 bits per heavy atom. The quantitative estimate of drug-likeness (QED) is 0.701. The molecule has 5 heteroatoms. The van der Waals surface area contributed by atoms with Gasteiger partial charge in [-0.3, -0.25) is 4.90 Å². The van der Waals surface area contributed by atoms with Crippen LogP contribution in [0.3, 0.4) is 0 Å². The minimum absolute atomic E-state index is 0.392. The molecule has 1 saturated heterocycles. The van der Waals surface area contributed by atoms with Crippen LogP contribution in [0.2, 0.25) is 0 Å². The van der Waals surface area contributed by atoms with E-state index in [9.17, 15) is 0 Å². The van der Waals surface area contributed by atoms with E-state index in [2.05, 4.69) is 28.3 Å². The number of methoxy groups -OCH3 is 1. The van der Waals surface area contributed by atoms with Crippen LogP contribution in [0, 0.1) is 0 Å². The number of furan rings is 1. The van der Waals surface area contributed by atoms with Crippen molar-refractivity contribution in [2.45, 2.75) is 25.4 Å². The van der Waals surface area contributed by atoms with E-state index < -0.39 is 0 Å². The van der Waals surface area contributed by atoms with Crippen LogP contribution in [-0.2, 0) is 6.54 Å². The lowest BCUT2D eigenvalue weighted by Gasteiger charge is -2.24. The molecular formula is C19H20N2O3. The molecule has 1 aliphatic heterocycles. The maximum atomic E-state index is 5.41.